The van der Waals surface area contributed by atoms with Crippen molar-refractivity contribution >= 4 is 11.6 Å². The van der Waals surface area contributed by atoms with E-state index in [-0.39, 0.29) is 5.60 Å². The van der Waals surface area contributed by atoms with Crippen LogP contribution in [0.3, 0.4) is 0 Å². The summed E-state index contributed by atoms with van der Waals surface area (Å²) in [5.74, 6) is 7.78. The molecule has 1 aromatic rings. The van der Waals surface area contributed by atoms with E-state index in [4.69, 9.17) is 15.3 Å². The fourth-order valence-electron chi connectivity index (χ4n) is 2.42. The Balaban J connectivity index is 2.16. The summed E-state index contributed by atoms with van der Waals surface area (Å²) >= 11 is 0. The second-order valence-corrected chi connectivity index (χ2v) is 5.40. The van der Waals surface area contributed by atoms with Crippen LogP contribution in [0.1, 0.15) is 31.2 Å². The largest absolute Gasteiger partial charge is 0.378 e. The Kier molecular flexibility index (Phi) is 5.33. The van der Waals surface area contributed by atoms with Crippen LogP contribution in [-0.2, 0) is 15.9 Å². The Morgan fingerprint density at radius 3 is 2.71 bits per heavy atom. The number of methoxy groups -OCH3 is 1. The number of rotatable bonds is 7. The van der Waals surface area contributed by atoms with Crippen LogP contribution >= 0.6 is 0 Å². The molecule has 21 heavy (non-hydrogen) atoms. The molecule has 0 amide bonds. The summed E-state index contributed by atoms with van der Waals surface area (Å²) in [6.45, 7) is 6.02. The number of aryl methyl sites for hydroxylation is 1. The number of ether oxygens (including phenoxy) is 2. The molecule has 2 rings (SSSR count). The maximum absolute atomic E-state index is 5.62. The van der Waals surface area contributed by atoms with Gasteiger partial charge in [-0.05, 0) is 13.3 Å². The molecule has 1 unspecified atom stereocenters. The third-order valence-corrected chi connectivity index (χ3v) is 3.88. The molecule has 0 bridgehead atoms. The fraction of sp³-hybridized carbons (Fsp3) is 0.714. The Morgan fingerprint density at radius 2 is 2.14 bits per heavy atom. The molecule has 0 aromatic carbocycles. The zero-order valence-corrected chi connectivity index (χ0v) is 13.0. The quantitative estimate of drug-likeness (QED) is 0.514. The summed E-state index contributed by atoms with van der Waals surface area (Å²) < 4.78 is 11.1. The first-order valence-electron chi connectivity index (χ1n) is 7.35. The van der Waals surface area contributed by atoms with Gasteiger partial charge in [0.05, 0.1) is 6.61 Å². The van der Waals surface area contributed by atoms with Gasteiger partial charge in [-0.3, -0.25) is 0 Å². The van der Waals surface area contributed by atoms with Crippen molar-refractivity contribution in [1.29, 1.82) is 0 Å². The first-order chi connectivity index (χ1) is 10.1. The van der Waals surface area contributed by atoms with E-state index >= 15 is 0 Å². The smallest absolute Gasteiger partial charge is 0.148 e. The third-order valence-electron chi connectivity index (χ3n) is 3.88. The van der Waals surface area contributed by atoms with E-state index in [1.807, 2.05) is 6.92 Å². The Bertz CT molecular complexity index is 475. The monoisotopic (exact) mass is 295 g/mol. The van der Waals surface area contributed by atoms with Crippen molar-refractivity contribution in [3.63, 3.8) is 0 Å². The van der Waals surface area contributed by atoms with Crippen molar-refractivity contribution < 1.29 is 9.47 Å². The molecule has 1 aliphatic rings. The highest BCUT2D eigenvalue weighted by atomic mass is 16.5. The van der Waals surface area contributed by atoms with Crippen molar-refractivity contribution in [2.75, 3.05) is 37.6 Å². The van der Waals surface area contributed by atoms with E-state index in [0.717, 1.165) is 43.1 Å². The Morgan fingerprint density at radius 1 is 1.38 bits per heavy atom. The second kappa shape index (κ2) is 7.02. The standard InChI is InChI=1S/C14H25N5O2/c1-4-5-11-17-12(10(2)13(18-11)19-15)16-8-14(20-3)6-7-21-9-14/h4-9,15H2,1-3H3,(H2,16,17,18,19). The average molecular weight is 295 g/mol. The second-order valence-electron chi connectivity index (χ2n) is 5.40. The molecule has 2 heterocycles. The lowest BCUT2D eigenvalue weighted by Crippen LogP contribution is -2.40. The summed E-state index contributed by atoms with van der Waals surface area (Å²) in [4.78, 5) is 9.00. The van der Waals surface area contributed by atoms with E-state index in [0.29, 0.717) is 19.0 Å². The minimum absolute atomic E-state index is 0.279. The van der Waals surface area contributed by atoms with Crippen molar-refractivity contribution in [2.45, 2.75) is 38.7 Å². The van der Waals surface area contributed by atoms with E-state index in [1.54, 1.807) is 7.11 Å². The maximum atomic E-state index is 5.62. The van der Waals surface area contributed by atoms with Crippen LogP contribution in [0, 0.1) is 6.92 Å². The number of anilines is 2. The number of hydrogen-bond acceptors (Lipinski definition) is 7. The van der Waals surface area contributed by atoms with Gasteiger partial charge in [0.1, 0.15) is 23.1 Å². The summed E-state index contributed by atoms with van der Waals surface area (Å²) in [7, 11) is 1.72. The first-order valence-corrected chi connectivity index (χ1v) is 7.35. The Hall–Kier alpha value is -1.44. The number of nitrogen functional groups attached to an aromatic ring is 1. The van der Waals surface area contributed by atoms with Gasteiger partial charge in [-0.1, -0.05) is 6.92 Å². The highest BCUT2D eigenvalue weighted by Gasteiger charge is 2.35. The van der Waals surface area contributed by atoms with Gasteiger partial charge in [0.15, 0.2) is 0 Å². The molecule has 1 aromatic heterocycles. The summed E-state index contributed by atoms with van der Waals surface area (Å²) in [6.07, 6.45) is 2.69. The fourth-order valence-corrected chi connectivity index (χ4v) is 2.42. The molecular formula is C14H25N5O2. The van der Waals surface area contributed by atoms with Crippen LogP contribution in [0.15, 0.2) is 0 Å². The first kappa shape index (κ1) is 15.9. The third kappa shape index (κ3) is 3.61. The van der Waals surface area contributed by atoms with Crippen LogP contribution in [0.5, 0.6) is 0 Å². The normalized spacial score (nSPS) is 21.5. The van der Waals surface area contributed by atoms with Gasteiger partial charge >= 0.3 is 0 Å². The van der Waals surface area contributed by atoms with Gasteiger partial charge in [0.25, 0.3) is 0 Å². The van der Waals surface area contributed by atoms with Gasteiger partial charge in [-0.2, -0.15) is 0 Å². The van der Waals surface area contributed by atoms with Crippen LogP contribution < -0.4 is 16.6 Å². The number of aromatic nitrogens is 2. The Labute approximate surface area is 125 Å². The topological polar surface area (TPSA) is 94.3 Å². The van der Waals surface area contributed by atoms with E-state index in [1.165, 1.54) is 0 Å². The molecule has 1 aliphatic heterocycles. The van der Waals surface area contributed by atoms with Crippen molar-refractivity contribution in [2.24, 2.45) is 5.84 Å². The number of nitrogens with zero attached hydrogens (tertiary/aromatic N) is 2. The highest BCUT2D eigenvalue weighted by molar-refractivity contribution is 5.56. The van der Waals surface area contributed by atoms with Crippen LogP contribution in [0.25, 0.3) is 0 Å². The summed E-state index contributed by atoms with van der Waals surface area (Å²) in [5, 5.41) is 3.37. The number of hydrogen-bond donors (Lipinski definition) is 3. The van der Waals surface area contributed by atoms with Gasteiger partial charge in [0.2, 0.25) is 0 Å². The summed E-state index contributed by atoms with van der Waals surface area (Å²) in [6, 6.07) is 0. The lowest BCUT2D eigenvalue weighted by atomic mass is 10.0. The lowest BCUT2D eigenvalue weighted by molar-refractivity contribution is -0.00626. The predicted octanol–water partition coefficient (Wildman–Crippen LogP) is 1.24. The molecule has 1 atom stereocenters. The average Bonchev–Trinajstić information content (AvgIpc) is 2.97. The summed E-state index contributed by atoms with van der Waals surface area (Å²) in [5.41, 5.74) is 3.26. The molecule has 0 aliphatic carbocycles. The minimum atomic E-state index is -0.279. The van der Waals surface area contributed by atoms with Gasteiger partial charge in [0, 0.05) is 38.7 Å². The molecule has 7 nitrogen and oxygen atoms in total. The zero-order chi connectivity index (χ0) is 15.3. The van der Waals surface area contributed by atoms with Gasteiger partial charge in [-0.25, -0.2) is 15.8 Å². The lowest BCUT2D eigenvalue weighted by Gasteiger charge is -2.26. The molecule has 7 heteroatoms. The molecule has 1 saturated heterocycles. The highest BCUT2D eigenvalue weighted by Crippen LogP contribution is 2.25. The predicted molar refractivity (Wildman–Crippen MR) is 82.2 cm³/mol. The molecule has 4 N–H and O–H groups in total. The minimum Gasteiger partial charge on any atom is -0.378 e. The molecule has 0 radical (unpaired) electrons. The molecule has 1 fully saturated rings. The molecule has 0 saturated carbocycles. The molecular weight excluding hydrogens is 270 g/mol. The molecule has 118 valence electrons. The maximum Gasteiger partial charge on any atom is 0.148 e. The number of hydrazine groups is 1. The SMILES string of the molecule is CCCc1nc(NN)c(C)c(NCC2(OC)CCOC2)n1. The van der Waals surface area contributed by atoms with Crippen molar-refractivity contribution in [3.8, 4) is 0 Å². The van der Waals surface area contributed by atoms with Crippen LogP contribution in [0.4, 0.5) is 11.6 Å². The molecule has 0 spiro atoms. The van der Waals surface area contributed by atoms with E-state index in [9.17, 15) is 0 Å². The van der Waals surface area contributed by atoms with Gasteiger partial charge < -0.3 is 20.2 Å². The van der Waals surface area contributed by atoms with E-state index in [2.05, 4.69) is 27.6 Å². The van der Waals surface area contributed by atoms with Crippen molar-refractivity contribution in [1.82, 2.24) is 9.97 Å². The van der Waals surface area contributed by atoms with Gasteiger partial charge in [-0.15, -0.1) is 0 Å². The van der Waals surface area contributed by atoms with Crippen LogP contribution in [-0.4, -0.2) is 42.4 Å². The van der Waals surface area contributed by atoms with E-state index < -0.39 is 0 Å². The zero-order valence-electron chi connectivity index (χ0n) is 13.0. The number of nitrogens with two attached hydrogens (primary N) is 1. The van der Waals surface area contributed by atoms with Crippen molar-refractivity contribution in [3.05, 3.63) is 11.4 Å². The van der Waals surface area contributed by atoms with Crippen LogP contribution in [0.2, 0.25) is 0 Å². The number of nitrogens with one attached hydrogen (secondary N) is 2.